The molecule has 1 aromatic heterocycles. The van der Waals surface area contributed by atoms with Gasteiger partial charge in [-0.15, -0.1) is 0 Å². The van der Waals surface area contributed by atoms with Crippen molar-refractivity contribution in [3.05, 3.63) is 83.9 Å². The Hall–Kier alpha value is -2.59. The number of nitrogens with two attached hydrogens (primary N) is 1. The van der Waals surface area contributed by atoms with Crippen molar-refractivity contribution in [2.75, 3.05) is 12.3 Å². The van der Waals surface area contributed by atoms with E-state index in [4.69, 9.17) is 10.5 Å². The van der Waals surface area contributed by atoms with E-state index >= 15 is 0 Å². The molecule has 0 aliphatic rings. The molecule has 0 aliphatic carbocycles. The summed E-state index contributed by atoms with van der Waals surface area (Å²) >= 11 is 0. The number of aryl methyl sites for hydroxylation is 2. The Labute approximate surface area is 155 Å². The van der Waals surface area contributed by atoms with Crippen LogP contribution in [0.25, 0.3) is 0 Å². The zero-order valence-electron chi connectivity index (χ0n) is 15.3. The maximum Gasteiger partial charge on any atom is 0.0946 e. The van der Waals surface area contributed by atoms with E-state index in [1.165, 1.54) is 16.7 Å². The number of imidazole rings is 1. The first-order chi connectivity index (χ1) is 12.7. The van der Waals surface area contributed by atoms with Crippen LogP contribution in [0.15, 0.2) is 67.3 Å². The minimum absolute atomic E-state index is 0.166. The molecule has 0 fully saturated rings. The van der Waals surface area contributed by atoms with Gasteiger partial charge in [0.1, 0.15) is 0 Å². The Bertz CT molecular complexity index is 764. The third kappa shape index (κ3) is 5.74. The van der Waals surface area contributed by atoms with E-state index in [0.717, 1.165) is 31.5 Å². The van der Waals surface area contributed by atoms with Crippen LogP contribution in [-0.2, 0) is 24.1 Å². The van der Waals surface area contributed by atoms with Gasteiger partial charge in [0.2, 0.25) is 0 Å². The summed E-state index contributed by atoms with van der Waals surface area (Å²) in [5.41, 5.74) is 10.4. The lowest BCUT2D eigenvalue weighted by Crippen LogP contribution is -2.21. The quantitative estimate of drug-likeness (QED) is 0.593. The lowest BCUT2D eigenvalue weighted by Gasteiger charge is -2.19. The van der Waals surface area contributed by atoms with Crippen molar-refractivity contribution in [1.82, 2.24) is 9.55 Å². The maximum absolute atomic E-state index is 6.22. The van der Waals surface area contributed by atoms with E-state index < -0.39 is 0 Å². The minimum Gasteiger partial charge on any atom is -0.399 e. The van der Waals surface area contributed by atoms with Gasteiger partial charge in [-0.1, -0.05) is 42.0 Å². The fraction of sp³-hybridized carbons (Fsp3) is 0.318. The highest BCUT2D eigenvalue weighted by Gasteiger charge is 2.11. The van der Waals surface area contributed by atoms with Gasteiger partial charge in [-0.05, 0) is 49.4 Å². The zero-order valence-corrected chi connectivity index (χ0v) is 15.3. The summed E-state index contributed by atoms with van der Waals surface area (Å²) in [4.78, 5) is 4.13. The monoisotopic (exact) mass is 349 g/mol. The number of anilines is 1. The molecule has 136 valence electrons. The number of aromatic nitrogens is 2. The Balaban J connectivity index is 1.53. The summed E-state index contributed by atoms with van der Waals surface area (Å²) in [6.07, 6.45) is 8.71. The van der Waals surface area contributed by atoms with E-state index in [0.29, 0.717) is 6.61 Å². The largest absolute Gasteiger partial charge is 0.399 e. The molecule has 0 radical (unpaired) electrons. The molecule has 0 spiro atoms. The number of ether oxygens (including phenoxy) is 1. The first kappa shape index (κ1) is 18.2. The lowest BCUT2D eigenvalue weighted by atomic mass is 10.1. The molecule has 4 nitrogen and oxygen atoms in total. The van der Waals surface area contributed by atoms with E-state index in [-0.39, 0.29) is 6.10 Å². The molecule has 0 bridgehead atoms. The summed E-state index contributed by atoms with van der Waals surface area (Å²) in [5.74, 6) is 0. The molecule has 0 amide bonds. The second-order valence-electron chi connectivity index (χ2n) is 6.77. The molecule has 2 aromatic carbocycles. The molecule has 1 heterocycles. The van der Waals surface area contributed by atoms with E-state index in [1.54, 1.807) is 0 Å². The molecular weight excluding hydrogens is 322 g/mol. The standard InChI is InChI=1S/C22H27N3O/c1-18-2-4-19(5-3-18)8-11-22(16-25-14-13-24-17-25)26-15-12-20-6-9-21(23)10-7-20/h2-7,9-10,13-14,17,22H,8,11-12,15-16,23H2,1H3. The van der Waals surface area contributed by atoms with Crippen molar-refractivity contribution in [2.45, 2.75) is 38.8 Å². The third-order valence-electron chi connectivity index (χ3n) is 4.57. The Morgan fingerprint density at radius 3 is 2.38 bits per heavy atom. The molecule has 3 rings (SSSR count). The van der Waals surface area contributed by atoms with E-state index in [9.17, 15) is 0 Å². The minimum atomic E-state index is 0.166. The smallest absolute Gasteiger partial charge is 0.0946 e. The second kappa shape index (κ2) is 9.20. The number of benzene rings is 2. The van der Waals surface area contributed by atoms with Crippen molar-refractivity contribution in [1.29, 1.82) is 0 Å². The van der Waals surface area contributed by atoms with Crippen LogP contribution in [0.3, 0.4) is 0 Å². The highest BCUT2D eigenvalue weighted by Crippen LogP contribution is 2.12. The van der Waals surface area contributed by atoms with Crippen molar-refractivity contribution < 1.29 is 4.74 Å². The summed E-state index contributed by atoms with van der Waals surface area (Å²) in [5, 5.41) is 0. The van der Waals surface area contributed by atoms with Gasteiger partial charge in [0.15, 0.2) is 0 Å². The maximum atomic E-state index is 6.22. The van der Waals surface area contributed by atoms with Gasteiger partial charge in [0.25, 0.3) is 0 Å². The SMILES string of the molecule is Cc1ccc(CCC(Cn2ccnc2)OCCc2ccc(N)cc2)cc1. The zero-order chi connectivity index (χ0) is 18.2. The normalized spacial score (nSPS) is 12.2. The van der Waals surface area contributed by atoms with Gasteiger partial charge in [-0.3, -0.25) is 0 Å². The number of nitrogens with zero attached hydrogens (tertiary/aromatic N) is 2. The number of rotatable bonds is 9. The number of hydrogen-bond donors (Lipinski definition) is 1. The van der Waals surface area contributed by atoms with Gasteiger partial charge in [-0.25, -0.2) is 4.98 Å². The molecular formula is C22H27N3O. The van der Waals surface area contributed by atoms with Gasteiger partial charge >= 0.3 is 0 Å². The molecule has 4 heteroatoms. The van der Waals surface area contributed by atoms with Crippen LogP contribution >= 0.6 is 0 Å². The Morgan fingerprint density at radius 2 is 1.69 bits per heavy atom. The molecule has 0 saturated heterocycles. The predicted molar refractivity (Wildman–Crippen MR) is 106 cm³/mol. The first-order valence-electron chi connectivity index (χ1n) is 9.16. The van der Waals surface area contributed by atoms with Gasteiger partial charge in [-0.2, -0.15) is 0 Å². The second-order valence-corrected chi connectivity index (χ2v) is 6.77. The predicted octanol–water partition coefficient (Wildman–Crippen LogP) is 4.03. The van der Waals surface area contributed by atoms with Crippen molar-refractivity contribution in [2.24, 2.45) is 0 Å². The molecule has 2 N–H and O–H groups in total. The van der Waals surface area contributed by atoms with E-state index in [1.807, 2.05) is 30.9 Å². The summed E-state index contributed by atoms with van der Waals surface area (Å²) in [6.45, 7) is 3.65. The molecule has 1 unspecified atom stereocenters. The van der Waals surface area contributed by atoms with Crippen LogP contribution < -0.4 is 5.73 Å². The van der Waals surface area contributed by atoms with Crippen molar-refractivity contribution in [3.63, 3.8) is 0 Å². The Kier molecular flexibility index (Phi) is 6.45. The first-order valence-corrected chi connectivity index (χ1v) is 9.16. The van der Waals surface area contributed by atoms with Crippen LogP contribution in [-0.4, -0.2) is 22.3 Å². The Morgan fingerprint density at radius 1 is 1.00 bits per heavy atom. The fourth-order valence-electron chi connectivity index (χ4n) is 2.97. The summed E-state index contributed by atoms with van der Waals surface area (Å²) < 4.78 is 8.30. The molecule has 26 heavy (non-hydrogen) atoms. The number of hydrogen-bond acceptors (Lipinski definition) is 3. The van der Waals surface area contributed by atoms with Gasteiger partial charge < -0.3 is 15.0 Å². The fourth-order valence-corrected chi connectivity index (χ4v) is 2.97. The highest BCUT2D eigenvalue weighted by atomic mass is 16.5. The summed E-state index contributed by atoms with van der Waals surface area (Å²) in [7, 11) is 0. The van der Waals surface area contributed by atoms with Crippen molar-refractivity contribution >= 4 is 5.69 Å². The average Bonchev–Trinajstić information content (AvgIpc) is 3.15. The van der Waals surface area contributed by atoms with Gasteiger partial charge in [0, 0.05) is 24.6 Å². The molecule has 0 saturated carbocycles. The van der Waals surface area contributed by atoms with Crippen LogP contribution in [0.1, 0.15) is 23.1 Å². The van der Waals surface area contributed by atoms with Crippen LogP contribution in [0, 0.1) is 6.92 Å². The lowest BCUT2D eigenvalue weighted by molar-refractivity contribution is 0.0379. The topological polar surface area (TPSA) is 53.1 Å². The molecule has 1 atom stereocenters. The van der Waals surface area contributed by atoms with Crippen LogP contribution in [0.4, 0.5) is 5.69 Å². The van der Waals surface area contributed by atoms with Crippen LogP contribution in [0.5, 0.6) is 0 Å². The number of nitrogen functional groups attached to an aromatic ring is 1. The molecule has 3 aromatic rings. The summed E-state index contributed by atoms with van der Waals surface area (Å²) in [6, 6.07) is 16.8. The van der Waals surface area contributed by atoms with Crippen molar-refractivity contribution in [3.8, 4) is 0 Å². The van der Waals surface area contributed by atoms with E-state index in [2.05, 4.69) is 52.9 Å². The van der Waals surface area contributed by atoms with Gasteiger partial charge in [0.05, 0.1) is 19.0 Å². The highest BCUT2D eigenvalue weighted by molar-refractivity contribution is 5.39. The van der Waals surface area contributed by atoms with Crippen LogP contribution in [0.2, 0.25) is 0 Å². The molecule has 0 aliphatic heterocycles. The average molecular weight is 349 g/mol. The third-order valence-corrected chi connectivity index (χ3v) is 4.57.